The number of tetrazole rings is 1. The molecule has 0 spiro atoms. The average Bonchev–Trinajstić information content (AvgIpc) is 2.90. The van der Waals surface area contributed by atoms with Gasteiger partial charge in [0.2, 0.25) is 0 Å². The first-order valence-electron chi connectivity index (χ1n) is 6.04. The summed E-state index contributed by atoms with van der Waals surface area (Å²) >= 11 is 0. The van der Waals surface area contributed by atoms with Crippen molar-refractivity contribution in [2.24, 2.45) is 5.73 Å². The molecule has 0 bridgehead atoms. The second kappa shape index (κ2) is 6.20. The Morgan fingerprint density at radius 2 is 2.20 bits per heavy atom. The third-order valence-electron chi connectivity index (χ3n) is 2.95. The van der Waals surface area contributed by atoms with Crippen LogP contribution in [-0.4, -0.2) is 37.7 Å². The zero-order valence-electron chi connectivity index (χ0n) is 10.6. The van der Waals surface area contributed by atoms with Gasteiger partial charge in [-0.3, -0.25) is 4.79 Å². The summed E-state index contributed by atoms with van der Waals surface area (Å²) in [7, 11) is 0. The molecule has 7 nitrogen and oxygen atoms in total. The van der Waals surface area contributed by atoms with Crippen molar-refractivity contribution in [1.29, 1.82) is 0 Å². The van der Waals surface area contributed by atoms with Gasteiger partial charge in [0.05, 0.1) is 0 Å². The van der Waals surface area contributed by atoms with Gasteiger partial charge in [0.25, 0.3) is 0 Å². The number of rotatable bonds is 6. The summed E-state index contributed by atoms with van der Waals surface area (Å²) in [6, 6.07) is 3.23. The van der Waals surface area contributed by atoms with Crippen molar-refractivity contribution in [2.45, 2.75) is 25.3 Å². The Morgan fingerprint density at radius 1 is 1.40 bits per heavy atom. The maximum Gasteiger partial charge on any atom is 0.320 e. The number of nitrogens with one attached hydrogen (secondary N) is 1. The van der Waals surface area contributed by atoms with E-state index in [4.69, 9.17) is 10.8 Å². The Bertz CT molecular complexity index is 588. The highest BCUT2D eigenvalue weighted by Gasteiger charge is 2.15. The lowest BCUT2D eigenvalue weighted by atomic mass is 9.97. The van der Waals surface area contributed by atoms with Gasteiger partial charge in [0.1, 0.15) is 17.7 Å². The van der Waals surface area contributed by atoms with Crippen molar-refractivity contribution in [3.63, 3.8) is 0 Å². The second-order valence-corrected chi connectivity index (χ2v) is 4.41. The fraction of sp³-hybridized carbons (Fsp3) is 0.333. The number of carboxylic acids is 1. The molecule has 0 aliphatic carbocycles. The van der Waals surface area contributed by atoms with Crippen LogP contribution in [0.15, 0.2) is 18.2 Å². The molecule has 20 heavy (non-hydrogen) atoms. The van der Waals surface area contributed by atoms with Crippen LogP contribution >= 0.6 is 0 Å². The van der Waals surface area contributed by atoms with Gasteiger partial charge in [-0.05, 0) is 46.5 Å². The molecule has 0 unspecified atom stereocenters. The van der Waals surface area contributed by atoms with Gasteiger partial charge in [0.15, 0.2) is 0 Å². The molecule has 0 aliphatic rings. The molecule has 0 radical (unpaired) electrons. The molecule has 8 heteroatoms. The van der Waals surface area contributed by atoms with Crippen molar-refractivity contribution in [1.82, 2.24) is 20.6 Å². The van der Waals surface area contributed by atoms with Crippen LogP contribution in [0.1, 0.15) is 17.0 Å². The minimum absolute atomic E-state index is 0.0804. The average molecular weight is 279 g/mol. The van der Waals surface area contributed by atoms with Crippen LogP contribution in [0, 0.1) is 5.82 Å². The highest BCUT2D eigenvalue weighted by molar-refractivity contribution is 5.73. The van der Waals surface area contributed by atoms with Crippen LogP contribution in [0.2, 0.25) is 0 Å². The van der Waals surface area contributed by atoms with Crippen LogP contribution in [0.3, 0.4) is 0 Å². The summed E-state index contributed by atoms with van der Waals surface area (Å²) in [4.78, 5) is 10.8. The topological polar surface area (TPSA) is 118 Å². The fourth-order valence-corrected chi connectivity index (χ4v) is 1.89. The first-order chi connectivity index (χ1) is 9.56. The smallest absolute Gasteiger partial charge is 0.320 e. The number of carbonyl (C=O) groups is 1. The fourth-order valence-electron chi connectivity index (χ4n) is 1.89. The van der Waals surface area contributed by atoms with Gasteiger partial charge in [-0.15, -0.1) is 5.10 Å². The van der Waals surface area contributed by atoms with Crippen LogP contribution in [0.25, 0.3) is 0 Å². The Hall–Kier alpha value is -2.35. The molecule has 0 saturated heterocycles. The van der Waals surface area contributed by atoms with E-state index >= 15 is 0 Å². The zero-order valence-corrected chi connectivity index (χ0v) is 10.6. The maximum absolute atomic E-state index is 13.3. The molecule has 0 aliphatic heterocycles. The van der Waals surface area contributed by atoms with E-state index in [1.54, 1.807) is 6.07 Å². The van der Waals surface area contributed by atoms with Crippen LogP contribution < -0.4 is 5.73 Å². The summed E-state index contributed by atoms with van der Waals surface area (Å²) < 4.78 is 13.3. The second-order valence-electron chi connectivity index (χ2n) is 4.41. The number of aromatic amines is 1. The number of halogens is 1. The molecule has 0 saturated carbocycles. The number of aryl methyl sites for hydroxylation is 2. The molecule has 1 aromatic carbocycles. The number of hydrogen-bond donors (Lipinski definition) is 3. The highest BCUT2D eigenvalue weighted by Crippen LogP contribution is 2.15. The molecular weight excluding hydrogens is 265 g/mol. The SMILES string of the molecule is N[C@@H](Cc1cc(F)ccc1CCc1nnn[nH]1)C(=O)O. The van der Waals surface area contributed by atoms with Crippen molar-refractivity contribution in [3.05, 3.63) is 41.0 Å². The summed E-state index contributed by atoms with van der Waals surface area (Å²) in [6.45, 7) is 0. The van der Waals surface area contributed by atoms with E-state index in [9.17, 15) is 9.18 Å². The summed E-state index contributed by atoms with van der Waals surface area (Å²) in [6.07, 6.45) is 1.20. The predicted octanol–water partition coefficient (Wildman–Crippen LogP) is 0.0784. The summed E-state index contributed by atoms with van der Waals surface area (Å²) in [5.41, 5.74) is 6.92. The number of nitrogens with zero attached hydrogens (tertiary/aromatic N) is 3. The van der Waals surface area contributed by atoms with Gasteiger partial charge in [0, 0.05) is 6.42 Å². The van der Waals surface area contributed by atoms with Crippen molar-refractivity contribution in [2.75, 3.05) is 0 Å². The lowest BCUT2D eigenvalue weighted by Crippen LogP contribution is -2.32. The van der Waals surface area contributed by atoms with Crippen molar-refractivity contribution in [3.8, 4) is 0 Å². The van der Waals surface area contributed by atoms with E-state index < -0.39 is 17.8 Å². The minimum Gasteiger partial charge on any atom is -0.480 e. The predicted molar refractivity (Wildman–Crippen MR) is 67.3 cm³/mol. The van der Waals surface area contributed by atoms with Gasteiger partial charge >= 0.3 is 5.97 Å². The normalized spacial score (nSPS) is 12.3. The molecule has 1 aromatic heterocycles. The molecular formula is C12H14FN5O2. The van der Waals surface area contributed by atoms with Gasteiger partial charge in [-0.1, -0.05) is 6.07 Å². The Kier molecular flexibility index (Phi) is 4.36. The Morgan fingerprint density at radius 3 is 2.85 bits per heavy atom. The molecule has 2 aromatic rings. The quantitative estimate of drug-likeness (QED) is 0.689. The summed E-state index contributed by atoms with van der Waals surface area (Å²) in [5.74, 6) is -0.912. The van der Waals surface area contributed by atoms with Crippen molar-refractivity contribution < 1.29 is 14.3 Å². The van der Waals surface area contributed by atoms with E-state index in [0.29, 0.717) is 24.2 Å². The third-order valence-corrected chi connectivity index (χ3v) is 2.95. The van der Waals surface area contributed by atoms with E-state index in [-0.39, 0.29) is 6.42 Å². The molecule has 1 heterocycles. The van der Waals surface area contributed by atoms with E-state index in [1.807, 2.05) is 0 Å². The minimum atomic E-state index is -1.11. The standard InChI is InChI=1S/C12H14FN5O2/c13-9-3-1-7(2-4-11-15-17-18-16-11)8(5-9)6-10(14)12(19)20/h1,3,5,10H,2,4,6,14H2,(H,19,20)(H,15,16,17,18)/t10-/m0/s1. The van der Waals surface area contributed by atoms with Crippen LogP contribution in [0.5, 0.6) is 0 Å². The zero-order chi connectivity index (χ0) is 14.5. The Labute approximate surface area is 114 Å². The molecule has 0 fully saturated rings. The Balaban J connectivity index is 2.12. The number of benzene rings is 1. The van der Waals surface area contributed by atoms with Crippen LogP contribution in [-0.2, 0) is 24.1 Å². The number of aliphatic carboxylic acids is 1. The summed E-state index contributed by atoms with van der Waals surface area (Å²) in [5, 5.41) is 22.2. The lowest BCUT2D eigenvalue weighted by Gasteiger charge is -2.11. The molecule has 106 valence electrons. The van der Waals surface area contributed by atoms with Gasteiger partial charge in [-0.25, -0.2) is 9.49 Å². The molecule has 2 rings (SSSR count). The molecule has 4 N–H and O–H groups in total. The van der Waals surface area contributed by atoms with E-state index in [1.165, 1.54) is 12.1 Å². The first kappa shape index (κ1) is 14.1. The monoisotopic (exact) mass is 279 g/mol. The van der Waals surface area contributed by atoms with Gasteiger partial charge in [-0.2, -0.15) is 0 Å². The lowest BCUT2D eigenvalue weighted by molar-refractivity contribution is -0.138. The third kappa shape index (κ3) is 3.58. The molecule has 1 atom stereocenters. The number of H-pyrrole nitrogens is 1. The molecule has 0 amide bonds. The number of aromatic nitrogens is 4. The van der Waals surface area contributed by atoms with Crippen LogP contribution in [0.4, 0.5) is 4.39 Å². The maximum atomic E-state index is 13.3. The first-order valence-corrected chi connectivity index (χ1v) is 6.04. The highest BCUT2D eigenvalue weighted by atomic mass is 19.1. The van der Waals surface area contributed by atoms with Gasteiger partial charge < -0.3 is 10.8 Å². The number of carboxylic acid groups (broad SMARTS) is 1. The van der Waals surface area contributed by atoms with Crippen molar-refractivity contribution >= 4 is 5.97 Å². The van der Waals surface area contributed by atoms with E-state index in [2.05, 4.69) is 20.6 Å². The number of hydrogen-bond acceptors (Lipinski definition) is 5. The van der Waals surface area contributed by atoms with E-state index in [0.717, 1.165) is 5.56 Å². The largest absolute Gasteiger partial charge is 0.480 e. The number of nitrogens with two attached hydrogens (primary N) is 1.